The highest BCUT2D eigenvalue weighted by Crippen LogP contribution is 2.33. The standard InChI is InChI=1S/C28H42O2/c1-3-5-6-7-8-9-23-10-14-24(15-11-23)25-16-18-26(19-17-25)28(29)30-27-20-12-22(4-2)13-21-27/h14,16-19,22-23,27H,3-13,15,20-21H2,1-2H3/t22-,23?,27-. The van der Waals surface area contributed by atoms with Crippen LogP contribution >= 0.6 is 0 Å². The minimum atomic E-state index is -0.151. The Morgan fingerprint density at radius 3 is 2.27 bits per heavy atom. The van der Waals surface area contributed by atoms with Gasteiger partial charge in [0.2, 0.25) is 0 Å². The quantitative estimate of drug-likeness (QED) is 0.286. The number of hydrogen-bond acceptors (Lipinski definition) is 2. The van der Waals surface area contributed by atoms with Crippen LogP contribution in [0.5, 0.6) is 0 Å². The van der Waals surface area contributed by atoms with Gasteiger partial charge in [0.25, 0.3) is 0 Å². The van der Waals surface area contributed by atoms with Gasteiger partial charge in [-0.25, -0.2) is 4.79 Å². The summed E-state index contributed by atoms with van der Waals surface area (Å²) in [4.78, 5) is 12.5. The van der Waals surface area contributed by atoms with Crippen LogP contribution in [0, 0.1) is 11.8 Å². The monoisotopic (exact) mass is 410 g/mol. The van der Waals surface area contributed by atoms with Gasteiger partial charge < -0.3 is 4.74 Å². The molecule has 0 aromatic heterocycles. The van der Waals surface area contributed by atoms with E-state index >= 15 is 0 Å². The fourth-order valence-corrected chi connectivity index (χ4v) is 5.15. The molecule has 1 saturated carbocycles. The molecule has 1 unspecified atom stereocenters. The average Bonchev–Trinajstić information content (AvgIpc) is 2.80. The Labute approximate surface area is 184 Å². The van der Waals surface area contributed by atoms with Gasteiger partial charge in [-0.3, -0.25) is 0 Å². The summed E-state index contributed by atoms with van der Waals surface area (Å²) < 4.78 is 5.78. The molecule has 3 rings (SSSR count). The third kappa shape index (κ3) is 7.00. The summed E-state index contributed by atoms with van der Waals surface area (Å²) in [6.07, 6.45) is 20.2. The van der Waals surface area contributed by atoms with Crippen molar-refractivity contribution in [3.05, 3.63) is 41.5 Å². The predicted molar refractivity (Wildman–Crippen MR) is 127 cm³/mol. The molecule has 1 aromatic rings. The van der Waals surface area contributed by atoms with Gasteiger partial charge in [-0.15, -0.1) is 0 Å². The molecule has 2 heteroatoms. The Morgan fingerprint density at radius 2 is 1.63 bits per heavy atom. The third-order valence-corrected chi connectivity index (χ3v) is 7.37. The molecule has 166 valence electrons. The molecule has 2 aliphatic rings. The van der Waals surface area contributed by atoms with Crippen LogP contribution in [0.4, 0.5) is 0 Å². The van der Waals surface area contributed by atoms with Gasteiger partial charge in [-0.05, 0) is 80.1 Å². The van der Waals surface area contributed by atoms with Gasteiger partial charge in [0.1, 0.15) is 6.10 Å². The van der Waals surface area contributed by atoms with Crippen LogP contribution in [-0.2, 0) is 4.74 Å². The maximum Gasteiger partial charge on any atom is 0.338 e. The number of ether oxygens (including phenoxy) is 1. The molecule has 1 atom stereocenters. The lowest BCUT2D eigenvalue weighted by Crippen LogP contribution is -2.24. The molecule has 0 amide bonds. The largest absolute Gasteiger partial charge is 0.459 e. The first kappa shape index (κ1) is 23.1. The molecule has 1 fully saturated rings. The zero-order valence-corrected chi connectivity index (χ0v) is 19.3. The second-order valence-corrected chi connectivity index (χ2v) is 9.61. The van der Waals surface area contributed by atoms with E-state index in [0.29, 0.717) is 5.56 Å². The Balaban J connectivity index is 1.43. The van der Waals surface area contributed by atoms with E-state index in [0.717, 1.165) is 24.7 Å². The molecule has 2 aliphatic carbocycles. The van der Waals surface area contributed by atoms with Crippen LogP contribution in [-0.4, -0.2) is 12.1 Å². The van der Waals surface area contributed by atoms with Gasteiger partial charge in [0.05, 0.1) is 5.56 Å². The van der Waals surface area contributed by atoms with Gasteiger partial charge >= 0.3 is 5.97 Å². The number of carbonyl (C=O) groups excluding carboxylic acids is 1. The number of rotatable bonds is 10. The first-order valence-corrected chi connectivity index (χ1v) is 12.7. The molecule has 1 aromatic carbocycles. The van der Waals surface area contributed by atoms with Crippen molar-refractivity contribution in [2.24, 2.45) is 11.8 Å². The number of hydrogen-bond donors (Lipinski definition) is 0. The van der Waals surface area contributed by atoms with E-state index in [4.69, 9.17) is 4.74 Å². The highest BCUT2D eigenvalue weighted by Gasteiger charge is 2.23. The second kappa shape index (κ2) is 12.3. The summed E-state index contributed by atoms with van der Waals surface area (Å²) in [6, 6.07) is 8.13. The van der Waals surface area contributed by atoms with Crippen molar-refractivity contribution < 1.29 is 9.53 Å². The SMILES string of the molecule is CCCCCCCC1CC=C(c2ccc(C(=O)O[C@H]3CC[C@H](CC)CC3)cc2)CC1. The average molecular weight is 411 g/mol. The predicted octanol–water partition coefficient (Wildman–Crippen LogP) is 8.36. The molecular formula is C28H42O2. The van der Waals surface area contributed by atoms with Crippen molar-refractivity contribution in [3.8, 4) is 0 Å². The molecule has 0 radical (unpaired) electrons. The molecule has 0 saturated heterocycles. The lowest BCUT2D eigenvalue weighted by Gasteiger charge is -2.27. The number of carbonyl (C=O) groups is 1. The third-order valence-electron chi connectivity index (χ3n) is 7.37. The van der Waals surface area contributed by atoms with Crippen LogP contribution in [0.25, 0.3) is 5.57 Å². The number of allylic oxidation sites excluding steroid dienone is 2. The second-order valence-electron chi connectivity index (χ2n) is 9.61. The minimum absolute atomic E-state index is 0.111. The Hall–Kier alpha value is -1.57. The van der Waals surface area contributed by atoms with E-state index in [-0.39, 0.29) is 12.1 Å². The van der Waals surface area contributed by atoms with Gasteiger partial charge in [0, 0.05) is 0 Å². The normalized spacial score (nSPS) is 24.3. The fourth-order valence-electron chi connectivity index (χ4n) is 5.15. The zero-order chi connectivity index (χ0) is 21.2. The van der Waals surface area contributed by atoms with Crippen molar-refractivity contribution in [2.75, 3.05) is 0 Å². The van der Waals surface area contributed by atoms with Crippen molar-refractivity contribution in [2.45, 2.75) is 110 Å². The van der Waals surface area contributed by atoms with E-state index in [1.54, 1.807) is 0 Å². The Bertz CT molecular complexity index is 664. The molecule has 2 nitrogen and oxygen atoms in total. The van der Waals surface area contributed by atoms with E-state index in [1.165, 1.54) is 88.2 Å². The van der Waals surface area contributed by atoms with Gasteiger partial charge in [-0.2, -0.15) is 0 Å². The first-order chi connectivity index (χ1) is 14.7. The molecule has 0 aliphatic heterocycles. The lowest BCUT2D eigenvalue weighted by atomic mass is 9.83. The molecule has 30 heavy (non-hydrogen) atoms. The number of benzene rings is 1. The molecule has 0 heterocycles. The highest BCUT2D eigenvalue weighted by molar-refractivity contribution is 5.90. The van der Waals surface area contributed by atoms with Crippen LogP contribution in [0.1, 0.15) is 120 Å². The van der Waals surface area contributed by atoms with E-state index in [1.807, 2.05) is 12.1 Å². The van der Waals surface area contributed by atoms with Crippen LogP contribution in [0.2, 0.25) is 0 Å². The van der Waals surface area contributed by atoms with Crippen molar-refractivity contribution >= 4 is 11.5 Å². The highest BCUT2D eigenvalue weighted by atomic mass is 16.5. The van der Waals surface area contributed by atoms with Crippen LogP contribution in [0.15, 0.2) is 30.3 Å². The summed E-state index contributed by atoms with van der Waals surface area (Å²) >= 11 is 0. The van der Waals surface area contributed by atoms with E-state index < -0.39 is 0 Å². The van der Waals surface area contributed by atoms with Gasteiger partial charge in [0.15, 0.2) is 0 Å². The number of esters is 1. The van der Waals surface area contributed by atoms with E-state index in [9.17, 15) is 4.79 Å². The van der Waals surface area contributed by atoms with Crippen molar-refractivity contribution in [1.29, 1.82) is 0 Å². The van der Waals surface area contributed by atoms with Crippen LogP contribution in [0.3, 0.4) is 0 Å². The smallest absolute Gasteiger partial charge is 0.338 e. The zero-order valence-electron chi connectivity index (χ0n) is 19.3. The number of unbranched alkanes of at least 4 members (excludes halogenated alkanes) is 4. The molecule has 0 bridgehead atoms. The lowest BCUT2D eigenvalue weighted by molar-refractivity contribution is 0.0164. The Kier molecular flexibility index (Phi) is 9.49. The summed E-state index contributed by atoms with van der Waals surface area (Å²) in [5.74, 6) is 1.54. The summed E-state index contributed by atoms with van der Waals surface area (Å²) in [6.45, 7) is 4.54. The minimum Gasteiger partial charge on any atom is -0.459 e. The molecule has 0 spiro atoms. The topological polar surface area (TPSA) is 26.3 Å². The van der Waals surface area contributed by atoms with E-state index in [2.05, 4.69) is 32.1 Å². The fraction of sp³-hybridized carbons (Fsp3) is 0.679. The molecular weight excluding hydrogens is 368 g/mol. The first-order valence-electron chi connectivity index (χ1n) is 12.7. The summed E-state index contributed by atoms with van der Waals surface area (Å²) in [5, 5.41) is 0. The summed E-state index contributed by atoms with van der Waals surface area (Å²) in [5.41, 5.74) is 3.42. The van der Waals surface area contributed by atoms with Crippen molar-refractivity contribution in [1.82, 2.24) is 0 Å². The molecule has 0 N–H and O–H groups in total. The maximum absolute atomic E-state index is 12.5. The van der Waals surface area contributed by atoms with Crippen molar-refractivity contribution in [3.63, 3.8) is 0 Å². The van der Waals surface area contributed by atoms with Crippen LogP contribution < -0.4 is 0 Å². The van der Waals surface area contributed by atoms with Gasteiger partial charge in [-0.1, -0.05) is 77.0 Å². The Morgan fingerprint density at radius 1 is 0.900 bits per heavy atom. The maximum atomic E-state index is 12.5. The summed E-state index contributed by atoms with van der Waals surface area (Å²) in [7, 11) is 0.